The van der Waals surface area contributed by atoms with E-state index in [2.05, 4.69) is 26.0 Å². The quantitative estimate of drug-likeness (QED) is 0.299. The van der Waals surface area contributed by atoms with E-state index in [-0.39, 0.29) is 0 Å². The summed E-state index contributed by atoms with van der Waals surface area (Å²) in [6, 6.07) is 0. The molecule has 0 aromatic rings. The van der Waals surface area contributed by atoms with Crippen molar-refractivity contribution in [1.82, 2.24) is 3.11 Å². The Morgan fingerprint density at radius 2 is 1.25 bits per heavy atom. The van der Waals surface area contributed by atoms with Crippen LogP contribution in [-0.4, -0.2) is 70.1 Å². The minimum Gasteiger partial charge on any atom is -0.382 e. The Hall–Kier alpha value is 0.530. The van der Waals surface area contributed by atoms with Crippen molar-refractivity contribution in [3.8, 4) is 0 Å². The first-order chi connectivity index (χ1) is 7.77. The lowest BCUT2D eigenvalue weighted by molar-refractivity contribution is 0.00344. The van der Waals surface area contributed by atoms with Gasteiger partial charge in [-0.1, -0.05) is 0 Å². The molecule has 0 aliphatic heterocycles. The summed E-state index contributed by atoms with van der Waals surface area (Å²) in [5.74, 6) is 0. The number of methoxy groups -OCH3 is 1. The molecule has 6 heteroatoms. The highest BCUT2D eigenvalue weighted by molar-refractivity contribution is 14.1. The van der Waals surface area contributed by atoms with E-state index in [1.54, 1.807) is 7.11 Å². The fraction of sp³-hybridized carbons (Fsp3) is 1.00. The molecule has 0 fully saturated rings. The normalized spacial score (nSPS) is 11.2. The number of rotatable bonds is 12. The summed E-state index contributed by atoms with van der Waals surface area (Å²) in [7, 11) is 3.67. The summed E-state index contributed by atoms with van der Waals surface area (Å²) in [6.45, 7) is 5.42. The van der Waals surface area contributed by atoms with Crippen molar-refractivity contribution in [2.24, 2.45) is 0 Å². The lowest BCUT2D eigenvalue weighted by Crippen LogP contribution is -2.15. The third kappa shape index (κ3) is 14.5. The Bertz CT molecular complexity index is 138. The molecule has 16 heavy (non-hydrogen) atoms. The van der Waals surface area contributed by atoms with E-state index < -0.39 is 0 Å². The van der Waals surface area contributed by atoms with E-state index in [0.29, 0.717) is 39.6 Å². The number of halogens is 1. The van der Waals surface area contributed by atoms with Gasteiger partial charge in [-0.2, -0.15) is 0 Å². The van der Waals surface area contributed by atoms with Crippen LogP contribution in [0.4, 0.5) is 0 Å². The van der Waals surface area contributed by atoms with Crippen LogP contribution in [0.5, 0.6) is 0 Å². The summed E-state index contributed by atoms with van der Waals surface area (Å²) in [5, 5.41) is 0. The predicted octanol–water partition coefficient (Wildman–Crippen LogP) is 0.964. The fourth-order valence-electron chi connectivity index (χ4n) is 0.874. The number of hydrogen-bond acceptors (Lipinski definition) is 5. The van der Waals surface area contributed by atoms with Gasteiger partial charge in [0.25, 0.3) is 0 Å². The van der Waals surface area contributed by atoms with Gasteiger partial charge < -0.3 is 18.9 Å². The largest absolute Gasteiger partial charge is 0.382 e. The average molecular weight is 347 g/mol. The molecule has 0 unspecified atom stereocenters. The second-order valence-corrected chi connectivity index (χ2v) is 4.81. The van der Waals surface area contributed by atoms with Crippen molar-refractivity contribution in [3.63, 3.8) is 0 Å². The predicted molar refractivity (Wildman–Crippen MR) is 71.0 cm³/mol. The van der Waals surface area contributed by atoms with Gasteiger partial charge in [-0.05, 0) is 7.05 Å². The van der Waals surface area contributed by atoms with Crippen LogP contribution in [0.3, 0.4) is 0 Å². The molecule has 0 bridgehead atoms. The summed E-state index contributed by atoms with van der Waals surface area (Å²) in [4.78, 5) is 0. The van der Waals surface area contributed by atoms with Gasteiger partial charge in [-0.15, -0.1) is 0 Å². The first-order valence-corrected chi connectivity index (χ1v) is 6.33. The van der Waals surface area contributed by atoms with Crippen LogP contribution in [0.25, 0.3) is 0 Å². The van der Waals surface area contributed by atoms with Crippen LogP contribution in [0.1, 0.15) is 0 Å². The third-order valence-electron chi connectivity index (χ3n) is 1.72. The molecule has 0 saturated carbocycles. The van der Waals surface area contributed by atoms with Gasteiger partial charge in [0, 0.05) is 36.5 Å². The summed E-state index contributed by atoms with van der Waals surface area (Å²) in [6.07, 6.45) is 0. The smallest absolute Gasteiger partial charge is 0.0701 e. The fourth-order valence-corrected chi connectivity index (χ4v) is 1.07. The second-order valence-electron chi connectivity index (χ2n) is 3.16. The standard InChI is InChI=1S/C10H22INO4/c1-12(11)3-4-14-7-8-16-10-9-15-6-5-13-2/h3-10H2,1-2H3. The van der Waals surface area contributed by atoms with Gasteiger partial charge >= 0.3 is 0 Å². The van der Waals surface area contributed by atoms with Crippen molar-refractivity contribution in [2.75, 3.05) is 67.0 Å². The molecule has 0 aliphatic rings. The van der Waals surface area contributed by atoms with Crippen molar-refractivity contribution < 1.29 is 18.9 Å². The van der Waals surface area contributed by atoms with Crippen LogP contribution >= 0.6 is 22.9 Å². The van der Waals surface area contributed by atoms with E-state index in [0.717, 1.165) is 13.2 Å². The molecule has 0 amide bonds. The molecule has 0 radical (unpaired) electrons. The summed E-state index contributed by atoms with van der Waals surface area (Å²) >= 11 is 2.23. The highest BCUT2D eigenvalue weighted by atomic mass is 127. The van der Waals surface area contributed by atoms with E-state index in [4.69, 9.17) is 18.9 Å². The van der Waals surface area contributed by atoms with Crippen LogP contribution in [0, 0.1) is 0 Å². The minimum atomic E-state index is 0.610. The molecule has 0 spiro atoms. The highest BCUT2D eigenvalue weighted by Gasteiger charge is 1.93. The van der Waals surface area contributed by atoms with E-state index >= 15 is 0 Å². The molecule has 0 aromatic carbocycles. The Morgan fingerprint density at radius 3 is 1.69 bits per heavy atom. The van der Waals surface area contributed by atoms with Crippen LogP contribution in [-0.2, 0) is 18.9 Å². The molecule has 0 heterocycles. The van der Waals surface area contributed by atoms with Gasteiger partial charge in [0.1, 0.15) is 0 Å². The molecule has 0 atom stereocenters. The Labute approximate surface area is 112 Å². The molecule has 0 N–H and O–H groups in total. The molecule has 0 aliphatic carbocycles. The van der Waals surface area contributed by atoms with Crippen molar-refractivity contribution >= 4 is 22.9 Å². The van der Waals surface area contributed by atoms with Crippen LogP contribution in [0.15, 0.2) is 0 Å². The van der Waals surface area contributed by atoms with Crippen LogP contribution < -0.4 is 0 Å². The first kappa shape index (κ1) is 16.5. The zero-order chi connectivity index (χ0) is 12.1. The Morgan fingerprint density at radius 1 is 0.812 bits per heavy atom. The van der Waals surface area contributed by atoms with E-state index in [1.165, 1.54) is 0 Å². The van der Waals surface area contributed by atoms with E-state index in [1.807, 2.05) is 7.05 Å². The average Bonchev–Trinajstić information content (AvgIpc) is 2.25. The number of likely N-dealkylation sites (N-methyl/N-ethyl adjacent to an activating group) is 1. The summed E-state index contributed by atoms with van der Waals surface area (Å²) in [5.41, 5.74) is 0. The van der Waals surface area contributed by atoms with Gasteiger partial charge in [0.2, 0.25) is 0 Å². The Balaban J connectivity index is 2.88. The molecular weight excluding hydrogens is 325 g/mol. The number of ether oxygens (including phenoxy) is 4. The maximum absolute atomic E-state index is 5.36. The maximum Gasteiger partial charge on any atom is 0.0701 e. The molecule has 98 valence electrons. The van der Waals surface area contributed by atoms with Crippen molar-refractivity contribution in [1.29, 1.82) is 0 Å². The zero-order valence-corrected chi connectivity index (χ0v) is 12.3. The van der Waals surface area contributed by atoms with Crippen molar-refractivity contribution in [2.45, 2.75) is 0 Å². The lowest BCUT2D eigenvalue weighted by Gasteiger charge is -2.08. The number of hydrogen-bond donors (Lipinski definition) is 0. The highest BCUT2D eigenvalue weighted by Crippen LogP contribution is 1.91. The van der Waals surface area contributed by atoms with Gasteiger partial charge in [0.15, 0.2) is 0 Å². The zero-order valence-electron chi connectivity index (χ0n) is 10.1. The molecule has 5 nitrogen and oxygen atoms in total. The first-order valence-electron chi connectivity index (χ1n) is 5.36. The number of nitrogens with zero attached hydrogens (tertiary/aromatic N) is 1. The maximum atomic E-state index is 5.36. The van der Waals surface area contributed by atoms with Gasteiger partial charge in [0.05, 0.1) is 46.2 Å². The monoisotopic (exact) mass is 347 g/mol. The second kappa shape index (κ2) is 13.6. The SMILES string of the molecule is COCCOCCOCCOCCN(C)I. The molecule has 0 aromatic heterocycles. The third-order valence-corrected chi connectivity index (χ3v) is 2.20. The molecule has 0 rings (SSSR count). The molecular formula is C10H22INO4. The molecule has 0 saturated heterocycles. The van der Waals surface area contributed by atoms with Crippen LogP contribution in [0.2, 0.25) is 0 Å². The van der Waals surface area contributed by atoms with E-state index in [9.17, 15) is 0 Å². The minimum absolute atomic E-state index is 0.610. The van der Waals surface area contributed by atoms with Gasteiger partial charge in [-0.3, -0.25) is 0 Å². The lowest BCUT2D eigenvalue weighted by atomic mass is 10.6. The topological polar surface area (TPSA) is 40.2 Å². The summed E-state index contributed by atoms with van der Waals surface area (Å²) < 4.78 is 22.8. The van der Waals surface area contributed by atoms with Crippen molar-refractivity contribution in [3.05, 3.63) is 0 Å². The Kier molecular flexibility index (Phi) is 14.0. The van der Waals surface area contributed by atoms with Gasteiger partial charge in [-0.25, -0.2) is 3.11 Å².